The van der Waals surface area contributed by atoms with E-state index >= 15 is 0 Å². The number of benzene rings is 1. The monoisotopic (exact) mass is 205 g/mol. The molecule has 82 valence electrons. The number of hydrogen-bond donors (Lipinski definition) is 1. The van der Waals surface area contributed by atoms with Gasteiger partial charge in [-0.15, -0.1) is 0 Å². The van der Waals surface area contributed by atoms with Crippen molar-refractivity contribution in [3.05, 3.63) is 29.8 Å². The summed E-state index contributed by atoms with van der Waals surface area (Å²) in [6, 6.07) is 8.07. The minimum absolute atomic E-state index is 0.0330. The predicted molar refractivity (Wildman–Crippen MR) is 61.8 cm³/mol. The zero-order valence-corrected chi connectivity index (χ0v) is 9.33. The zero-order valence-electron chi connectivity index (χ0n) is 9.33. The lowest BCUT2D eigenvalue weighted by Gasteiger charge is -2.26. The average Bonchev–Trinajstić information content (AvgIpc) is 2.66. The topological polar surface area (TPSA) is 35.2 Å². The van der Waals surface area contributed by atoms with Gasteiger partial charge in [0.2, 0.25) is 0 Å². The Morgan fingerprint density at radius 1 is 1.27 bits per heavy atom. The summed E-state index contributed by atoms with van der Waals surface area (Å²) in [5.74, 6) is 0.962. The average molecular weight is 205 g/mol. The number of para-hydroxylation sites is 1. The van der Waals surface area contributed by atoms with E-state index in [9.17, 15) is 0 Å². The van der Waals surface area contributed by atoms with Crippen molar-refractivity contribution in [2.45, 2.75) is 44.8 Å². The first kappa shape index (κ1) is 10.5. The van der Waals surface area contributed by atoms with Crippen LogP contribution in [0.3, 0.4) is 0 Å². The molecule has 0 atom stereocenters. The molecule has 0 amide bonds. The summed E-state index contributed by atoms with van der Waals surface area (Å²) in [5, 5.41) is 0. The van der Waals surface area contributed by atoms with Gasteiger partial charge in [-0.25, -0.2) is 0 Å². The van der Waals surface area contributed by atoms with E-state index in [0.717, 1.165) is 24.2 Å². The molecule has 1 aromatic carbocycles. The van der Waals surface area contributed by atoms with Crippen molar-refractivity contribution in [3.8, 4) is 5.75 Å². The molecular weight excluding hydrogens is 186 g/mol. The lowest BCUT2D eigenvalue weighted by molar-refractivity contribution is 0.0955. The van der Waals surface area contributed by atoms with Crippen LogP contribution in [0, 0.1) is 0 Å². The van der Waals surface area contributed by atoms with Gasteiger partial charge in [-0.05, 0) is 38.7 Å². The Balaban J connectivity index is 2.16. The maximum atomic E-state index is 6.10. The molecule has 1 saturated carbocycles. The first-order chi connectivity index (χ1) is 7.23. The Morgan fingerprint density at radius 3 is 2.60 bits per heavy atom. The van der Waals surface area contributed by atoms with Crippen LogP contribution in [0.2, 0.25) is 0 Å². The third kappa shape index (κ3) is 2.32. The summed E-state index contributed by atoms with van der Waals surface area (Å²) in [7, 11) is 0. The van der Waals surface area contributed by atoms with Crippen LogP contribution in [0.1, 0.15) is 38.2 Å². The lowest BCUT2D eigenvalue weighted by atomic mass is 10.1. The fraction of sp³-hybridized carbons (Fsp3) is 0.538. The van der Waals surface area contributed by atoms with Gasteiger partial charge in [0.15, 0.2) is 0 Å². The van der Waals surface area contributed by atoms with Crippen molar-refractivity contribution in [1.82, 2.24) is 0 Å². The van der Waals surface area contributed by atoms with E-state index in [0.29, 0.717) is 6.54 Å². The van der Waals surface area contributed by atoms with Crippen molar-refractivity contribution in [2.75, 3.05) is 0 Å². The maximum absolute atomic E-state index is 6.10. The van der Waals surface area contributed by atoms with Gasteiger partial charge in [0.1, 0.15) is 11.4 Å². The fourth-order valence-electron chi connectivity index (χ4n) is 2.26. The van der Waals surface area contributed by atoms with Crippen molar-refractivity contribution in [3.63, 3.8) is 0 Å². The molecule has 1 aromatic rings. The smallest absolute Gasteiger partial charge is 0.124 e. The van der Waals surface area contributed by atoms with Crippen LogP contribution in [0.25, 0.3) is 0 Å². The van der Waals surface area contributed by atoms with Gasteiger partial charge in [0.25, 0.3) is 0 Å². The molecule has 0 heterocycles. The van der Waals surface area contributed by atoms with E-state index in [1.165, 1.54) is 12.8 Å². The van der Waals surface area contributed by atoms with Gasteiger partial charge in [0.05, 0.1) is 0 Å². The highest BCUT2D eigenvalue weighted by Crippen LogP contribution is 2.34. The first-order valence-corrected chi connectivity index (χ1v) is 5.70. The molecule has 1 fully saturated rings. The number of ether oxygens (including phenoxy) is 1. The van der Waals surface area contributed by atoms with Crippen LogP contribution in [0.5, 0.6) is 5.75 Å². The molecular formula is C13H19NO. The highest BCUT2D eigenvalue weighted by atomic mass is 16.5. The van der Waals surface area contributed by atoms with Gasteiger partial charge >= 0.3 is 0 Å². The Morgan fingerprint density at radius 2 is 1.93 bits per heavy atom. The molecule has 0 aliphatic heterocycles. The first-order valence-electron chi connectivity index (χ1n) is 5.70. The van der Waals surface area contributed by atoms with Gasteiger partial charge in [-0.2, -0.15) is 0 Å². The molecule has 0 saturated heterocycles. The summed E-state index contributed by atoms with van der Waals surface area (Å²) in [6.45, 7) is 2.75. The van der Waals surface area contributed by atoms with Gasteiger partial charge in [-0.3, -0.25) is 0 Å². The molecule has 0 unspecified atom stereocenters. The van der Waals surface area contributed by atoms with Crippen molar-refractivity contribution >= 4 is 0 Å². The highest BCUT2D eigenvalue weighted by molar-refractivity contribution is 5.33. The number of hydrogen-bond acceptors (Lipinski definition) is 2. The zero-order chi connectivity index (χ0) is 10.7. The van der Waals surface area contributed by atoms with Crippen LogP contribution in [0.15, 0.2) is 24.3 Å². The van der Waals surface area contributed by atoms with Crippen molar-refractivity contribution in [2.24, 2.45) is 5.73 Å². The lowest BCUT2D eigenvalue weighted by Crippen LogP contribution is -2.28. The van der Waals surface area contributed by atoms with Crippen LogP contribution in [-0.2, 0) is 6.54 Å². The molecule has 15 heavy (non-hydrogen) atoms. The molecule has 2 nitrogen and oxygen atoms in total. The second-order valence-corrected chi connectivity index (χ2v) is 4.57. The largest absolute Gasteiger partial charge is 0.487 e. The summed E-state index contributed by atoms with van der Waals surface area (Å²) in [6.07, 6.45) is 4.88. The summed E-state index contributed by atoms with van der Waals surface area (Å²) < 4.78 is 6.10. The highest BCUT2D eigenvalue weighted by Gasteiger charge is 2.30. The van der Waals surface area contributed by atoms with Crippen LogP contribution in [-0.4, -0.2) is 5.60 Å². The minimum Gasteiger partial charge on any atom is -0.487 e. The van der Waals surface area contributed by atoms with E-state index in [1.54, 1.807) is 0 Å². The molecule has 0 radical (unpaired) electrons. The van der Waals surface area contributed by atoms with E-state index in [4.69, 9.17) is 10.5 Å². The molecule has 1 aliphatic carbocycles. The second-order valence-electron chi connectivity index (χ2n) is 4.57. The van der Waals surface area contributed by atoms with Gasteiger partial charge < -0.3 is 10.5 Å². The van der Waals surface area contributed by atoms with Crippen LogP contribution < -0.4 is 10.5 Å². The summed E-state index contributed by atoms with van der Waals surface area (Å²) in [4.78, 5) is 0. The Labute approximate surface area is 91.4 Å². The van der Waals surface area contributed by atoms with E-state index < -0.39 is 0 Å². The molecule has 1 aliphatic rings. The van der Waals surface area contributed by atoms with Crippen LogP contribution >= 0.6 is 0 Å². The third-order valence-corrected chi connectivity index (χ3v) is 3.21. The fourth-order valence-corrected chi connectivity index (χ4v) is 2.26. The minimum atomic E-state index is 0.0330. The van der Waals surface area contributed by atoms with Crippen LogP contribution in [0.4, 0.5) is 0 Å². The van der Waals surface area contributed by atoms with E-state index in [-0.39, 0.29) is 5.60 Å². The number of rotatable bonds is 3. The molecule has 0 bridgehead atoms. The molecule has 0 aromatic heterocycles. The van der Waals surface area contributed by atoms with E-state index in [1.807, 2.05) is 24.3 Å². The Kier molecular flexibility index (Phi) is 2.96. The van der Waals surface area contributed by atoms with Gasteiger partial charge in [-0.1, -0.05) is 18.2 Å². The Bertz CT molecular complexity index is 329. The molecule has 2 heteroatoms. The predicted octanol–water partition coefficient (Wildman–Crippen LogP) is 2.86. The maximum Gasteiger partial charge on any atom is 0.124 e. The number of nitrogens with two attached hydrogens (primary N) is 1. The van der Waals surface area contributed by atoms with Crippen molar-refractivity contribution in [1.29, 1.82) is 0 Å². The van der Waals surface area contributed by atoms with Gasteiger partial charge in [0, 0.05) is 12.1 Å². The Hall–Kier alpha value is -1.02. The van der Waals surface area contributed by atoms with E-state index in [2.05, 4.69) is 6.92 Å². The molecule has 2 rings (SSSR count). The standard InChI is InChI=1S/C13H19NO/c1-13(8-4-5-9-13)15-12-7-3-2-6-11(12)10-14/h2-3,6-7H,4-5,8-10,14H2,1H3. The molecule has 0 spiro atoms. The second kappa shape index (κ2) is 4.23. The summed E-state index contributed by atoms with van der Waals surface area (Å²) in [5.41, 5.74) is 6.82. The quantitative estimate of drug-likeness (QED) is 0.823. The third-order valence-electron chi connectivity index (χ3n) is 3.21. The SMILES string of the molecule is CC1(Oc2ccccc2CN)CCCC1. The van der Waals surface area contributed by atoms with Crippen molar-refractivity contribution < 1.29 is 4.74 Å². The molecule has 2 N–H and O–H groups in total. The summed E-state index contributed by atoms with van der Waals surface area (Å²) >= 11 is 0. The normalized spacial score (nSPS) is 19.1.